The van der Waals surface area contributed by atoms with Gasteiger partial charge in [0.2, 0.25) is 0 Å². The number of ether oxygens (including phenoxy) is 1. The standard InChI is InChI=1S/C21H21N7O3/c29-18(15-11-23-17-4-2-1-3-14(15)17)21(30)22-5-6-28-20-16(12-26-28)19(24-13-25-20)27-7-9-31-10-8-27/h1-4,11-13,23H,5-10H2,(H,22,30). The average Bonchev–Trinajstić information content (AvgIpc) is 3.43. The zero-order valence-corrected chi connectivity index (χ0v) is 16.7. The van der Waals surface area contributed by atoms with Crippen molar-refractivity contribution in [1.82, 2.24) is 30.0 Å². The largest absolute Gasteiger partial charge is 0.378 e. The van der Waals surface area contributed by atoms with Crippen molar-refractivity contribution in [1.29, 1.82) is 0 Å². The molecule has 1 aromatic carbocycles. The molecule has 0 saturated carbocycles. The molecule has 0 aliphatic carbocycles. The predicted molar refractivity (Wildman–Crippen MR) is 114 cm³/mol. The number of carbonyl (C=O) groups is 2. The third kappa shape index (κ3) is 3.61. The Morgan fingerprint density at radius 2 is 1.97 bits per heavy atom. The second-order valence-corrected chi connectivity index (χ2v) is 7.23. The van der Waals surface area contributed by atoms with Crippen LogP contribution in [0.25, 0.3) is 21.9 Å². The number of aromatic amines is 1. The van der Waals surface area contributed by atoms with Crippen LogP contribution in [0.3, 0.4) is 0 Å². The predicted octanol–water partition coefficient (Wildman–Crippen LogP) is 1.14. The number of benzene rings is 1. The van der Waals surface area contributed by atoms with Crippen molar-refractivity contribution in [3.05, 3.63) is 48.5 Å². The number of aromatic nitrogens is 5. The molecule has 1 amide bonds. The Kier molecular flexibility index (Phi) is 5.04. The lowest BCUT2D eigenvalue weighted by Gasteiger charge is -2.27. The molecule has 0 bridgehead atoms. The number of rotatable bonds is 6. The molecule has 0 unspecified atom stereocenters. The number of carbonyl (C=O) groups excluding carboxylic acids is 2. The van der Waals surface area contributed by atoms with Gasteiger partial charge < -0.3 is 19.9 Å². The number of fused-ring (bicyclic) bond motifs is 2. The number of Topliss-reactive ketones (excluding diaryl/α,β-unsaturated/α-hetero) is 1. The first-order chi connectivity index (χ1) is 15.2. The quantitative estimate of drug-likeness (QED) is 0.355. The molecule has 1 aliphatic rings. The van der Waals surface area contributed by atoms with Crippen molar-refractivity contribution >= 4 is 39.4 Å². The van der Waals surface area contributed by atoms with E-state index in [-0.39, 0.29) is 6.54 Å². The van der Waals surface area contributed by atoms with Crippen molar-refractivity contribution in [3.63, 3.8) is 0 Å². The van der Waals surface area contributed by atoms with E-state index in [0.717, 1.165) is 35.2 Å². The molecule has 158 valence electrons. The van der Waals surface area contributed by atoms with Gasteiger partial charge in [0.1, 0.15) is 12.1 Å². The lowest BCUT2D eigenvalue weighted by molar-refractivity contribution is -0.117. The summed E-state index contributed by atoms with van der Waals surface area (Å²) in [5, 5.41) is 8.66. The van der Waals surface area contributed by atoms with E-state index >= 15 is 0 Å². The van der Waals surface area contributed by atoms with E-state index in [1.54, 1.807) is 17.1 Å². The summed E-state index contributed by atoms with van der Waals surface area (Å²) in [5.41, 5.74) is 1.87. The number of nitrogens with zero attached hydrogens (tertiary/aromatic N) is 5. The number of morpholine rings is 1. The fourth-order valence-electron chi connectivity index (χ4n) is 3.81. The van der Waals surface area contributed by atoms with Crippen molar-refractivity contribution in [2.24, 2.45) is 0 Å². The maximum absolute atomic E-state index is 12.6. The molecule has 1 aliphatic heterocycles. The van der Waals surface area contributed by atoms with Crippen molar-refractivity contribution in [3.8, 4) is 0 Å². The summed E-state index contributed by atoms with van der Waals surface area (Å²) in [5.74, 6) is -0.386. The van der Waals surface area contributed by atoms with Crippen LogP contribution in [0.1, 0.15) is 10.4 Å². The third-order valence-electron chi connectivity index (χ3n) is 5.37. The number of hydrogen-bond acceptors (Lipinski definition) is 7. The Morgan fingerprint density at radius 1 is 1.13 bits per heavy atom. The molecule has 10 nitrogen and oxygen atoms in total. The van der Waals surface area contributed by atoms with Crippen LogP contribution in [-0.4, -0.2) is 69.3 Å². The van der Waals surface area contributed by atoms with Gasteiger partial charge in [-0.1, -0.05) is 18.2 Å². The first-order valence-electron chi connectivity index (χ1n) is 10.1. The maximum atomic E-state index is 12.6. The van der Waals surface area contributed by atoms with Crippen LogP contribution in [-0.2, 0) is 16.1 Å². The minimum absolute atomic E-state index is 0.251. The van der Waals surface area contributed by atoms with E-state index < -0.39 is 11.7 Å². The summed E-state index contributed by atoms with van der Waals surface area (Å²) in [6, 6.07) is 7.38. The number of ketones is 1. The Hall–Kier alpha value is -3.79. The summed E-state index contributed by atoms with van der Waals surface area (Å²) in [7, 11) is 0. The zero-order valence-electron chi connectivity index (χ0n) is 16.7. The van der Waals surface area contributed by atoms with E-state index in [2.05, 4.69) is 30.3 Å². The summed E-state index contributed by atoms with van der Waals surface area (Å²) in [4.78, 5) is 38.9. The summed E-state index contributed by atoms with van der Waals surface area (Å²) >= 11 is 0. The van der Waals surface area contributed by atoms with Crippen molar-refractivity contribution < 1.29 is 14.3 Å². The second kappa shape index (κ2) is 8.15. The summed E-state index contributed by atoms with van der Waals surface area (Å²) in [6.07, 6.45) is 4.82. The molecule has 3 aromatic heterocycles. The van der Waals surface area contributed by atoms with Crippen LogP contribution in [0, 0.1) is 0 Å². The number of para-hydroxylation sites is 1. The van der Waals surface area contributed by atoms with Gasteiger partial charge in [0, 0.05) is 36.7 Å². The minimum Gasteiger partial charge on any atom is -0.378 e. The molecule has 2 N–H and O–H groups in total. The molecular weight excluding hydrogens is 398 g/mol. The minimum atomic E-state index is -0.648. The highest BCUT2D eigenvalue weighted by molar-refractivity contribution is 6.44. The monoisotopic (exact) mass is 419 g/mol. The molecular formula is C21H21N7O3. The highest BCUT2D eigenvalue weighted by Crippen LogP contribution is 2.23. The molecule has 1 saturated heterocycles. The third-order valence-corrected chi connectivity index (χ3v) is 5.37. The van der Waals surface area contributed by atoms with Crippen LogP contribution in [0.15, 0.2) is 43.0 Å². The van der Waals surface area contributed by atoms with Crippen LogP contribution in [0.5, 0.6) is 0 Å². The second-order valence-electron chi connectivity index (χ2n) is 7.23. The molecule has 4 heterocycles. The van der Waals surface area contributed by atoms with Gasteiger partial charge in [0.05, 0.1) is 36.9 Å². The van der Waals surface area contributed by atoms with Gasteiger partial charge in [-0.2, -0.15) is 5.10 Å². The van der Waals surface area contributed by atoms with E-state index in [1.165, 1.54) is 6.33 Å². The van der Waals surface area contributed by atoms with Gasteiger partial charge in [-0.15, -0.1) is 0 Å². The van der Waals surface area contributed by atoms with Gasteiger partial charge in [0.15, 0.2) is 5.65 Å². The number of H-pyrrole nitrogens is 1. The highest BCUT2D eigenvalue weighted by Gasteiger charge is 2.20. The summed E-state index contributed by atoms with van der Waals surface area (Å²) in [6.45, 7) is 3.50. The van der Waals surface area contributed by atoms with Crippen molar-refractivity contribution in [2.45, 2.75) is 6.54 Å². The van der Waals surface area contributed by atoms with Gasteiger partial charge in [-0.3, -0.25) is 9.59 Å². The molecule has 0 atom stereocenters. The van der Waals surface area contributed by atoms with Crippen LogP contribution >= 0.6 is 0 Å². The summed E-state index contributed by atoms with van der Waals surface area (Å²) < 4.78 is 7.11. The Bertz CT molecular complexity index is 1260. The lowest BCUT2D eigenvalue weighted by Crippen LogP contribution is -2.36. The zero-order chi connectivity index (χ0) is 21.2. The number of nitrogens with one attached hydrogen (secondary N) is 2. The van der Waals surface area contributed by atoms with Gasteiger partial charge in [-0.05, 0) is 6.07 Å². The number of amides is 1. The Balaban J connectivity index is 1.26. The van der Waals surface area contributed by atoms with Crippen LogP contribution in [0.4, 0.5) is 5.82 Å². The highest BCUT2D eigenvalue weighted by atomic mass is 16.5. The molecule has 5 rings (SSSR count). The van der Waals surface area contributed by atoms with Gasteiger partial charge in [0.25, 0.3) is 11.7 Å². The van der Waals surface area contributed by atoms with Gasteiger partial charge in [-0.25, -0.2) is 14.6 Å². The van der Waals surface area contributed by atoms with Crippen LogP contribution < -0.4 is 10.2 Å². The Morgan fingerprint density at radius 3 is 2.84 bits per heavy atom. The smallest absolute Gasteiger partial charge is 0.292 e. The van der Waals surface area contributed by atoms with E-state index in [0.29, 0.717) is 31.0 Å². The maximum Gasteiger partial charge on any atom is 0.292 e. The SMILES string of the molecule is O=C(NCCn1ncc2c(N3CCOCC3)ncnc21)C(=O)c1c[nH]c2ccccc12. The van der Waals surface area contributed by atoms with E-state index in [4.69, 9.17) is 4.74 Å². The van der Waals surface area contributed by atoms with E-state index in [1.807, 2.05) is 24.3 Å². The van der Waals surface area contributed by atoms with Crippen molar-refractivity contribution in [2.75, 3.05) is 37.7 Å². The normalized spacial score (nSPS) is 14.3. The molecule has 0 radical (unpaired) electrons. The first-order valence-corrected chi connectivity index (χ1v) is 10.1. The molecule has 1 fully saturated rings. The fraction of sp³-hybridized carbons (Fsp3) is 0.286. The lowest BCUT2D eigenvalue weighted by atomic mass is 10.1. The Labute approximate surface area is 177 Å². The number of anilines is 1. The molecule has 0 spiro atoms. The first kappa shape index (κ1) is 19.2. The molecule has 10 heteroatoms. The van der Waals surface area contributed by atoms with Crippen LogP contribution in [0.2, 0.25) is 0 Å². The number of hydrogen-bond donors (Lipinski definition) is 2. The van der Waals surface area contributed by atoms with Gasteiger partial charge >= 0.3 is 0 Å². The molecule has 31 heavy (non-hydrogen) atoms. The average molecular weight is 419 g/mol. The van der Waals surface area contributed by atoms with E-state index in [9.17, 15) is 9.59 Å². The topological polar surface area (TPSA) is 118 Å². The molecule has 4 aromatic rings. The fourth-order valence-corrected chi connectivity index (χ4v) is 3.81.